The number of nitrogens with one attached hydrogen (secondary N) is 1. The van der Waals surface area contributed by atoms with E-state index in [1.807, 2.05) is 12.1 Å². The van der Waals surface area contributed by atoms with E-state index >= 15 is 0 Å². The lowest BCUT2D eigenvalue weighted by Gasteiger charge is -2.36. The average Bonchev–Trinajstić information content (AvgIpc) is 2.49. The summed E-state index contributed by atoms with van der Waals surface area (Å²) in [7, 11) is 1.71. The number of aliphatic hydroxyl groups excluding tert-OH is 1. The van der Waals surface area contributed by atoms with Crippen molar-refractivity contribution in [1.82, 2.24) is 0 Å². The van der Waals surface area contributed by atoms with Gasteiger partial charge < -0.3 is 15.2 Å². The molecule has 20 heavy (non-hydrogen) atoms. The summed E-state index contributed by atoms with van der Waals surface area (Å²) in [6.07, 6.45) is 5.99. The Hall–Kier alpha value is -0.580. The lowest BCUT2D eigenvalue weighted by molar-refractivity contribution is 0.0943. The van der Waals surface area contributed by atoms with E-state index in [4.69, 9.17) is 4.74 Å². The number of rotatable bonds is 6. The molecule has 0 bridgehead atoms. The minimum absolute atomic E-state index is 0.0465. The van der Waals surface area contributed by atoms with Crippen LogP contribution in [0.1, 0.15) is 37.7 Å². The molecular weight excluding hydrogens is 318 g/mol. The quantitative estimate of drug-likeness (QED) is 0.823. The van der Waals surface area contributed by atoms with Crippen molar-refractivity contribution in [2.45, 2.75) is 38.7 Å². The molecule has 1 aliphatic rings. The number of benzene rings is 1. The number of hydrogen-bond donors (Lipinski definition) is 2. The van der Waals surface area contributed by atoms with Gasteiger partial charge >= 0.3 is 0 Å². The SMILES string of the molecule is COCc1c(Br)cccc1NCC1(CO)CCCCC1. The molecule has 1 aliphatic carbocycles. The summed E-state index contributed by atoms with van der Waals surface area (Å²) in [5, 5.41) is 13.3. The normalized spacial score (nSPS) is 17.9. The Balaban J connectivity index is 2.07. The van der Waals surface area contributed by atoms with E-state index in [0.29, 0.717) is 6.61 Å². The third-order valence-electron chi connectivity index (χ3n) is 4.31. The Morgan fingerprint density at radius 1 is 1.30 bits per heavy atom. The maximum atomic E-state index is 9.77. The van der Waals surface area contributed by atoms with E-state index in [0.717, 1.165) is 35.1 Å². The van der Waals surface area contributed by atoms with Crippen LogP contribution in [0, 0.1) is 5.41 Å². The van der Waals surface area contributed by atoms with Crippen LogP contribution in [0.2, 0.25) is 0 Å². The zero-order chi connectivity index (χ0) is 14.4. The lowest BCUT2D eigenvalue weighted by atomic mass is 9.74. The highest BCUT2D eigenvalue weighted by Crippen LogP contribution is 2.36. The number of halogens is 1. The van der Waals surface area contributed by atoms with Gasteiger partial charge in [0.05, 0.1) is 13.2 Å². The number of methoxy groups -OCH3 is 1. The van der Waals surface area contributed by atoms with Crippen LogP contribution in [0.15, 0.2) is 22.7 Å². The molecule has 2 N–H and O–H groups in total. The molecule has 0 spiro atoms. The van der Waals surface area contributed by atoms with Gasteiger partial charge in [-0.3, -0.25) is 0 Å². The highest BCUT2D eigenvalue weighted by atomic mass is 79.9. The van der Waals surface area contributed by atoms with Crippen LogP contribution in [-0.4, -0.2) is 25.4 Å². The molecule has 1 fully saturated rings. The van der Waals surface area contributed by atoms with E-state index in [-0.39, 0.29) is 12.0 Å². The van der Waals surface area contributed by atoms with Crippen LogP contribution in [0.3, 0.4) is 0 Å². The number of anilines is 1. The second kappa shape index (κ2) is 7.43. The van der Waals surface area contributed by atoms with Crippen LogP contribution in [0.4, 0.5) is 5.69 Å². The molecule has 0 aliphatic heterocycles. The van der Waals surface area contributed by atoms with Gasteiger partial charge in [-0.05, 0) is 25.0 Å². The van der Waals surface area contributed by atoms with E-state index in [1.54, 1.807) is 7.11 Å². The number of ether oxygens (including phenoxy) is 1. The Bertz CT molecular complexity index is 430. The third-order valence-corrected chi connectivity index (χ3v) is 5.05. The van der Waals surface area contributed by atoms with Crippen LogP contribution in [0.5, 0.6) is 0 Å². The van der Waals surface area contributed by atoms with Crippen LogP contribution < -0.4 is 5.32 Å². The van der Waals surface area contributed by atoms with Gasteiger partial charge in [0.1, 0.15) is 0 Å². The molecule has 2 rings (SSSR count). The number of hydrogen-bond acceptors (Lipinski definition) is 3. The van der Waals surface area contributed by atoms with Crippen molar-refractivity contribution in [3.63, 3.8) is 0 Å². The first-order chi connectivity index (χ1) is 9.71. The Labute approximate surface area is 129 Å². The molecule has 0 aromatic heterocycles. The summed E-state index contributed by atoms with van der Waals surface area (Å²) in [5.74, 6) is 0. The van der Waals surface area contributed by atoms with E-state index < -0.39 is 0 Å². The fourth-order valence-electron chi connectivity index (χ4n) is 2.99. The topological polar surface area (TPSA) is 41.5 Å². The molecule has 112 valence electrons. The first-order valence-corrected chi connectivity index (χ1v) is 8.11. The van der Waals surface area contributed by atoms with Gasteiger partial charge in [-0.1, -0.05) is 41.3 Å². The maximum absolute atomic E-state index is 9.77. The molecule has 1 aromatic rings. The lowest BCUT2D eigenvalue weighted by Crippen LogP contribution is -2.35. The molecule has 3 nitrogen and oxygen atoms in total. The zero-order valence-corrected chi connectivity index (χ0v) is 13.7. The fraction of sp³-hybridized carbons (Fsp3) is 0.625. The van der Waals surface area contributed by atoms with Crippen molar-refractivity contribution in [3.8, 4) is 0 Å². The number of aliphatic hydroxyl groups is 1. The molecule has 4 heteroatoms. The van der Waals surface area contributed by atoms with Crippen LogP contribution >= 0.6 is 15.9 Å². The molecule has 0 amide bonds. The van der Waals surface area contributed by atoms with Crippen molar-refractivity contribution in [2.75, 3.05) is 25.6 Å². The smallest absolute Gasteiger partial charge is 0.0744 e. The van der Waals surface area contributed by atoms with Gasteiger partial charge in [0.2, 0.25) is 0 Å². The highest BCUT2D eigenvalue weighted by Gasteiger charge is 2.31. The molecular formula is C16H24BrNO2. The molecule has 1 aromatic carbocycles. The summed E-state index contributed by atoms with van der Waals surface area (Å²) in [4.78, 5) is 0. The van der Waals surface area contributed by atoms with Gasteiger partial charge in [0, 0.05) is 34.8 Å². The van der Waals surface area contributed by atoms with Gasteiger partial charge in [-0.15, -0.1) is 0 Å². The largest absolute Gasteiger partial charge is 0.396 e. The molecule has 0 heterocycles. The summed E-state index contributed by atoms with van der Waals surface area (Å²) in [5.41, 5.74) is 2.28. The van der Waals surface area contributed by atoms with Crippen molar-refractivity contribution in [1.29, 1.82) is 0 Å². The minimum atomic E-state index is 0.0465. The molecule has 1 saturated carbocycles. The van der Waals surface area contributed by atoms with E-state index in [2.05, 4.69) is 27.3 Å². The Kier molecular flexibility index (Phi) is 5.87. The van der Waals surface area contributed by atoms with E-state index in [1.165, 1.54) is 19.3 Å². The second-order valence-electron chi connectivity index (χ2n) is 5.77. The summed E-state index contributed by atoms with van der Waals surface area (Å²) in [6.45, 7) is 1.68. The van der Waals surface area contributed by atoms with Gasteiger partial charge in [0.25, 0.3) is 0 Å². The molecule has 0 saturated heterocycles. The fourth-order valence-corrected chi connectivity index (χ4v) is 3.47. The van der Waals surface area contributed by atoms with Gasteiger partial charge in [0.15, 0.2) is 0 Å². The molecule has 0 radical (unpaired) electrons. The maximum Gasteiger partial charge on any atom is 0.0744 e. The summed E-state index contributed by atoms with van der Waals surface area (Å²) >= 11 is 3.58. The molecule has 0 atom stereocenters. The molecule has 0 unspecified atom stereocenters. The van der Waals surface area contributed by atoms with Crippen molar-refractivity contribution < 1.29 is 9.84 Å². The van der Waals surface area contributed by atoms with Gasteiger partial charge in [-0.2, -0.15) is 0 Å². The van der Waals surface area contributed by atoms with Crippen molar-refractivity contribution in [3.05, 3.63) is 28.2 Å². The predicted octanol–water partition coefficient (Wildman–Crippen LogP) is 3.95. The Morgan fingerprint density at radius 2 is 2.05 bits per heavy atom. The zero-order valence-electron chi connectivity index (χ0n) is 12.1. The van der Waals surface area contributed by atoms with Crippen molar-refractivity contribution in [2.24, 2.45) is 5.41 Å². The van der Waals surface area contributed by atoms with Crippen LogP contribution in [-0.2, 0) is 11.3 Å². The third kappa shape index (κ3) is 3.74. The average molecular weight is 342 g/mol. The minimum Gasteiger partial charge on any atom is -0.396 e. The Morgan fingerprint density at radius 3 is 2.70 bits per heavy atom. The second-order valence-corrected chi connectivity index (χ2v) is 6.63. The van der Waals surface area contributed by atoms with Crippen LogP contribution in [0.25, 0.3) is 0 Å². The first-order valence-electron chi connectivity index (χ1n) is 7.32. The predicted molar refractivity (Wildman–Crippen MR) is 85.9 cm³/mol. The van der Waals surface area contributed by atoms with E-state index in [9.17, 15) is 5.11 Å². The van der Waals surface area contributed by atoms with Gasteiger partial charge in [-0.25, -0.2) is 0 Å². The monoisotopic (exact) mass is 341 g/mol. The summed E-state index contributed by atoms with van der Waals surface area (Å²) < 4.78 is 6.33. The standard InChI is InChI=1S/C16H24BrNO2/c1-20-10-13-14(17)6-5-7-15(13)18-11-16(12-19)8-3-2-4-9-16/h5-7,18-19H,2-4,8-12H2,1H3. The van der Waals surface area contributed by atoms with Crippen molar-refractivity contribution >= 4 is 21.6 Å². The highest BCUT2D eigenvalue weighted by molar-refractivity contribution is 9.10. The summed E-state index contributed by atoms with van der Waals surface area (Å²) in [6, 6.07) is 6.13. The first kappa shape index (κ1) is 15.8.